The van der Waals surface area contributed by atoms with Gasteiger partial charge < -0.3 is 14.7 Å². The lowest BCUT2D eigenvalue weighted by Crippen LogP contribution is -2.47. The van der Waals surface area contributed by atoms with E-state index in [1.54, 1.807) is 19.0 Å². The van der Waals surface area contributed by atoms with Crippen molar-refractivity contribution in [1.82, 2.24) is 14.7 Å². The zero-order chi connectivity index (χ0) is 10.7. The van der Waals surface area contributed by atoms with Crippen LogP contribution in [0.2, 0.25) is 0 Å². The Morgan fingerprint density at radius 3 is 2.14 bits per heavy atom. The van der Waals surface area contributed by atoms with Gasteiger partial charge in [0.15, 0.2) is 0 Å². The first-order chi connectivity index (χ1) is 6.52. The maximum Gasteiger partial charge on any atom is 0.319 e. The van der Waals surface area contributed by atoms with E-state index in [-0.39, 0.29) is 6.03 Å². The van der Waals surface area contributed by atoms with E-state index >= 15 is 0 Å². The first kappa shape index (κ1) is 11.3. The number of rotatable bonds is 1. The van der Waals surface area contributed by atoms with E-state index in [1.807, 2.05) is 11.9 Å². The van der Waals surface area contributed by atoms with E-state index in [0.29, 0.717) is 6.04 Å². The van der Waals surface area contributed by atoms with Gasteiger partial charge in [0.2, 0.25) is 0 Å². The van der Waals surface area contributed by atoms with Crippen LogP contribution in [0.4, 0.5) is 4.79 Å². The Hall–Kier alpha value is -0.770. The molecule has 0 aliphatic carbocycles. The molecule has 0 atom stereocenters. The minimum absolute atomic E-state index is 0.111. The van der Waals surface area contributed by atoms with Crippen molar-refractivity contribution in [1.29, 1.82) is 0 Å². The molecule has 1 rings (SSSR count). The molecule has 0 bridgehead atoms. The number of carbonyl (C=O) groups excluding carboxylic acids is 1. The van der Waals surface area contributed by atoms with Crippen LogP contribution in [0.5, 0.6) is 0 Å². The molecule has 0 N–H and O–H groups in total. The lowest BCUT2D eigenvalue weighted by molar-refractivity contribution is 0.131. The highest BCUT2D eigenvalue weighted by molar-refractivity contribution is 5.73. The van der Waals surface area contributed by atoms with Gasteiger partial charge in [0.1, 0.15) is 0 Å². The average molecular weight is 199 g/mol. The van der Waals surface area contributed by atoms with Gasteiger partial charge in [-0.1, -0.05) is 0 Å². The second-order valence-corrected chi connectivity index (χ2v) is 4.32. The molecule has 0 spiro atoms. The highest BCUT2D eigenvalue weighted by Crippen LogP contribution is 2.14. The van der Waals surface area contributed by atoms with E-state index in [4.69, 9.17) is 0 Å². The average Bonchev–Trinajstić information content (AvgIpc) is 2.16. The van der Waals surface area contributed by atoms with Gasteiger partial charge in [-0.3, -0.25) is 0 Å². The minimum atomic E-state index is 0.111. The van der Waals surface area contributed by atoms with Crippen LogP contribution in [0, 0.1) is 0 Å². The predicted molar refractivity (Wildman–Crippen MR) is 57.4 cm³/mol. The summed E-state index contributed by atoms with van der Waals surface area (Å²) in [4.78, 5) is 17.5. The van der Waals surface area contributed by atoms with Gasteiger partial charge in [0.05, 0.1) is 0 Å². The molecule has 0 saturated carbocycles. The molecule has 1 aliphatic rings. The Balaban J connectivity index is 2.45. The Kier molecular flexibility index (Phi) is 3.75. The van der Waals surface area contributed by atoms with E-state index in [9.17, 15) is 4.79 Å². The van der Waals surface area contributed by atoms with Gasteiger partial charge in [-0.2, -0.15) is 0 Å². The fraction of sp³-hybridized carbons (Fsp3) is 0.900. The normalized spacial score (nSPS) is 19.4. The number of amides is 2. The zero-order valence-electron chi connectivity index (χ0n) is 9.66. The molecule has 0 aromatic heterocycles. The van der Waals surface area contributed by atoms with Crippen molar-refractivity contribution in [3.05, 3.63) is 0 Å². The van der Waals surface area contributed by atoms with Crippen molar-refractivity contribution in [2.75, 3.05) is 41.3 Å². The molecule has 1 fully saturated rings. The van der Waals surface area contributed by atoms with Gasteiger partial charge in [-0.05, 0) is 33.0 Å². The van der Waals surface area contributed by atoms with Crippen LogP contribution in [0.15, 0.2) is 0 Å². The molecule has 82 valence electrons. The number of urea groups is 1. The molecule has 0 radical (unpaired) electrons. The van der Waals surface area contributed by atoms with E-state index < -0.39 is 0 Å². The van der Waals surface area contributed by atoms with Crippen LogP contribution in [0.3, 0.4) is 0 Å². The fourth-order valence-electron chi connectivity index (χ4n) is 1.85. The Bertz CT molecular complexity index is 198. The third-order valence-corrected chi connectivity index (χ3v) is 2.92. The molecule has 1 heterocycles. The van der Waals surface area contributed by atoms with Crippen molar-refractivity contribution >= 4 is 6.03 Å². The molecule has 4 heteroatoms. The van der Waals surface area contributed by atoms with Crippen LogP contribution >= 0.6 is 0 Å². The third kappa shape index (κ3) is 2.61. The summed E-state index contributed by atoms with van der Waals surface area (Å²) in [7, 11) is 7.63. The van der Waals surface area contributed by atoms with Crippen molar-refractivity contribution in [3.8, 4) is 0 Å². The second kappa shape index (κ2) is 4.64. The van der Waals surface area contributed by atoms with Crippen LogP contribution in [-0.2, 0) is 0 Å². The molecular formula is C10H21N3O. The lowest BCUT2D eigenvalue weighted by Gasteiger charge is -2.36. The van der Waals surface area contributed by atoms with Gasteiger partial charge in [-0.25, -0.2) is 4.79 Å². The van der Waals surface area contributed by atoms with E-state index in [0.717, 1.165) is 25.9 Å². The zero-order valence-corrected chi connectivity index (χ0v) is 9.66. The summed E-state index contributed by atoms with van der Waals surface area (Å²) in [5, 5.41) is 0. The number of hydrogen-bond donors (Lipinski definition) is 0. The second-order valence-electron chi connectivity index (χ2n) is 4.32. The number of piperidine rings is 1. The topological polar surface area (TPSA) is 26.8 Å². The van der Waals surface area contributed by atoms with Gasteiger partial charge in [-0.15, -0.1) is 0 Å². The summed E-state index contributed by atoms with van der Waals surface area (Å²) in [6, 6.07) is 0.528. The smallest absolute Gasteiger partial charge is 0.319 e. The van der Waals surface area contributed by atoms with E-state index in [1.165, 1.54) is 0 Å². The quantitative estimate of drug-likeness (QED) is 0.621. The number of carbonyl (C=O) groups is 1. The maximum atomic E-state index is 11.7. The van der Waals surface area contributed by atoms with Crippen LogP contribution in [-0.4, -0.2) is 68.1 Å². The van der Waals surface area contributed by atoms with Gasteiger partial charge in [0, 0.05) is 27.2 Å². The molecule has 1 aliphatic heterocycles. The molecule has 2 amide bonds. The van der Waals surface area contributed by atoms with E-state index in [2.05, 4.69) is 11.9 Å². The molecular weight excluding hydrogens is 178 g/mol. The van der Waals surface area contributed by atoms with Crippen molar-refractivity contribution in [2.45, 2.75) is 18.9 Å². The highest BCUT2D eigenvalue weighted by Gasteiger charge is 2.24. The summed E-state index contributed by atoms with van der Waals surface area (Å²) < 4.78 is 0. The van der Waals surface area contributed by atoms with Gasteiger partial charge in [0.25, 0.3) is 0 Å². The third-order valence-electron chi connectivity index (χ3n) is 2.92. The summed E-state index contributed by atoms with van der Waals surface area (Å²) in [5.74, 6) is 0. The number of nitrogens with zero attached hydrogens (tertiary/aromatic N) is 3. The van der Waals surface area contributed by atoms with Gasteiger partial charge >= 0.3 is 6.03 Å². The Morgan fingerprint density at radius 1 is 1.21 bits per heavy atom. The minimum Gasteiger partial charge on any atom is -0.331 e. The van der Waals surface area contributed by atoms with Crippen molar-refractivity contribution < 1.29 is 4.79 Å². The molecule has 0 unspecified atom stereocenters. The fourth-order valence-corrected chi connectivity index (χ4v) is 1.85. The summed E-state index contributed by atoms with van der Waals surface area (Å²) in [6.07, 6.45) is 2.18. The summed E-state index contributed by atoms with van der Waals surface area (Å²) in [5.41, 5.74) is 0. The molecule has 1 saturated heterocycles. The summed E-state index contributed by atoms with van der Waals surface area (Å²) in [6.45, 7) is 2.19. The maximum absolute atomic E-state index is 11.7. The number of likely N-dealkylation sites (tertiary alicyclic amines) is 1. The van der Waals surface area contributed by atoms with Crippen molar-refractivity contribution in [2.24, 2.45) is 0 Å². The van der Waals surface area contributed by atoms with Crippen LogP contribution in [0.25, 0.3) is 0 Å². The molecule has 4 nitrogen and oxygen atoms in total. The monoisotopic (exact) mass is 199 g/mol. The molecule has 0 aromatic carbocycles. The number of hydrogen-bond acceptors (Lipinski definition) is 2. The SMILES string of the molecule is CN1CCC(N(C)C(=O)N(C)C)CC1. The first-order valence-electron chi connectivity index (χ1n) is 5.15. The largest absolute Gasteiger partial charge is 0.331 e. The Labute approximate surface area is 86.5 Å². The standard InChI is InChI=1S/C10H21N3O/c1-11(2)10(14)13(4)9-5-7-12(3)8-6-9/h9H,5-8H2,1-4H3. The summed E-state index contributed by atoms with van der Waals surface area (Å²) >= 11 is 0. The predicted octanol–water partition coefficient (Wildman–Crippen LogP) is 0.694. The van der Waals surface area contributed by atoms with Crippen LogP contribution in [0.1, 0.15) is 12.8 Å². The lowest BCUT2D eigenvalue weighted by atomic mass is 10.0. The molecule has 14 heavy (non-hydrogen) atoms. The van der Waals surface area contributed by atoms with Crippen LogP contribution < -0.4 is 0 Å². The van der Waals surface area contributed by atoms with Crippen molar-refractivity contribution in [3.63, 3.8) is 0 Å². The molecule has 0 aromatic rings. The Morgan fingerprint density at radius 2 is 1.71 bits per heavy atom. The highest BCUT2D eigenvalue weighted by atomic mass is 16.2. The first-order valence-corrected chi connectivity index (χ1v) is 5.15.